The summed E-state index contributed by atoms with van der Waals surface area (Å²) in [5, 5.41) is 1.55. The van der Waals surface area contributed by atoms with Gasteiger partial charge in [-0.05, 0) is 25.0 Å². The van der Waals surface area contributed by atoms with E-state index in [0.29, 0.717) is 22.7 Å². The minimum absolute atomic E-state index is 0.109. The molecule has 1 aliphatic heterocycles. The van der Waals surface area contributed by atoms with Gasteiger partial charge in [0.25, 0.3) is 0 Å². The van der Waals surface area contributed by atoms with Crippen LogP contribution >= 0.6 is 11.6 Å². The van der Waals surface area contributed by atoms with Crippen LogP contribution in [-0.4, -0.2) is 36.2 Å². The number of piperidine rings is 1. The second-order valence-electron chi connectivity index (χ2n) is 5.27. The monoisotopic (exact) mass is 324 g/mol. The highest BCUT2D eigenvalue weighted by Crippen LogP contribution is 2.30. The maximum atomic E-state index is 13.0. The second-order valence-corrected chi connectivity index (χ2v) is 7.44. The molecule has 112 valence electrons. The first-order valence-corrected chi connectivity index (χ1v) is 9.02. The zero-order valence-electron chi connectivity index (χ0n) is 11.6. The van der Waals surface area contributed by atoms with Crippen LogP contribution < -0.4 is 0 Å². The Bertz CT molecular complexity index is 743. The fraction of sp³-hybridized carbons (Fsp3) is 0.400. The van der Waals surface area contributed by atoms with Gasteiger partial charge in [-0.25, -0.2) is 8.42 Å². The summed E-state index contributed by atoms with van der Waals surface area (Å²) < 4.78 is 27.6. The van der Waals surface area contributed by atoms with Gasteiger partial charge in [0.05, 0.1) is 4.90 Å². The highest BCUT2D eigenvalue weighted by Gasteiger charge is 2.33. The topological polar surface area (TPSA) is 50.3 Å². The van der Waals surface area contributed by atoms with Gasteiger partial charge in [-0.15, -0.1) is 11.6 Å². The molecular formula is C15H17ClN2O2S. The van der Waals surface area contributed by atoms with Gasteiger partial charge in [-0.2, -0.15) is 4.31 Å². The van der Waals surface area contributed by atoms with Crippen LogP contribution in [0.25, 0.3) is 10.8 Å². The van der Waals surface area contributed by atoms with Crippen LogP contribution in [0.5, 0.6) is 0 Å². The van der Waals surface area contributed by atoms with Crippen LogP contribution in [0.2, 0.25) is 0 Å². The predicted molar refractivity (Wildman–Crippen MR) is 84.0 cm³/mol. The number of alkyl halides is 1. The number of benzene rings is 1. The van der Waals surface area contributed by atoms with E-state index in [0.717, 1.165) is 24.6 Å². The van der Waals surface area contributed by atoms with E-state index < -0.39 is 10.0 Å². The third-order valence-corrected chi connectivity index (χ3v) is 6.34. The fourth-order valence-electron chi connectivity index (χ4n) is 2.89. The molecule has 1 aromatic carbocycles. The number of hydrogen-bond acceptors (Lipinski definition) is 3. The second kappa shape index (κ2) is 5.91. The Hall–Kier alpha value is -1.17. The van der Waals surface area contributed by atoms with Crippen molar-refractivity contribution in [1.82, 2.24) is 9.29 Å². The van der Waals surface area contributed by atoms with Crippen molar-refractivity contribution in [2.45, 2.75) is 30.2 Å². The summed E-state index contributed by atoms with van der Waals surface area (Å²) in [5.41, 5.74) is 0. The van der Waals surface area contributed by atoms with Gasteiger partial charge < -0.3 is 0 Å². The van der Waals surface area contributed by atoms with Crippen LogP contribution in [0.1, 0.15) is 19.3 Å². The minimum atomic E-state index is -3.53. The summed E-state index contributed by atoms with van der Waals surface area (Å²) in [6, 6.07) is 6.94. The zero-order valence-corrected chi connectivity index (χ0v) is 13.1. The molecule has 0 bridgehead atoms. The van der Waals surface area contributed by atoms with Gasteiger partial charge in [0.1, 0.15) is 0 Å². The van der Waals surface area contributed by atoms with Crippen LogP contribution in [0.15, 0.2) is 41.6 Å². The number of halogens is 1. The third kappa shape index (κ3) is 2.65. The molecule has 1 fully saturated rings. The molecule has 0 radical (unpaired) electrons. The fourth-order valence-corrected chi connectivity index (χ4v) is 5.20. The quantitative estimate of drug-likeness (QED) is 0.815. The molecule has 1 atom stereocenters. The number of nitrogens with zero attached hydrogens (tertiary/aromatic N) is 2. The van der Waals surface area contributed by atoms with E-state index in [9.17, 15) is 8.42 Å². The Morgan fingerprint density at radius 1 is 1.29 bits per heavy atom. The summed E-state index contributed by atoms with van der Waals surface area (Å²) in [5.74, 6) is 0.339. The van der Waals surface area contributed by atoms with Crippen molar-refractivity contribution < 1.29 is 8.42 Å². The Labute approximate surface area is 129 Å². The molecule has 1 aromatic heterocycles. The molecule has 0 amide bonds. The number of rotatable bonds is 3. The number of sulfonamides is 1. The van der Waals surface area contributed by atoms with Crippen molar-refractivity contribution in [3.8, 4) is 0 Å². The molecule has 0 spiro atoms. The van der Waals surface area contributed by atoms with Crippen LogP contribution in [0.3, 0.4) is 0 Å². The molecule has 0 saturated carbocycles. The Kier molecular flexibility index (Phi) is 4.15. The largest absolute Gasteiger partial charge is 0.264 e. The first-order valence-electron chi connectivity index (χ1n) is 7.05. The van der Waals surface area contributed by atoms with E-state index in [2.05, 4.69) is 4.98 Å². The smallest absolute Gasteiger partial charge is 0.243 e. The maximum Gasteiger partial charge on any atom is 0.243 e. The van der Waals surface area contributed by atoms with Gasteiger partial charge >= 0.3 is 0 Å². The van der Waals surface area contributed by atoms with Crippen LogP contribution in [-0.2, 0) is 10.0 Å². The normalized spacial score (nSPS) is 20.7. The molecule has 1 aliphatic rings. The van der Waals surface area contributed by atoms with Crippen LogP contribution in [0.4, 0.5) is 0 Å². The molecule has 1 saturated heterocycles. The maximum absolute atomic E-state index is 13.0. The van der Waals surface area contributed by atoms with Gasteiger partial charge in [0.2, 0.25) is 10.0 Å². The predicted octanol–water partition coefficient (Wildman–Crippen LogP) is 3.02. The molecule has 2 aromatic rings. The molecule has 2 heterocycles. The molecular weight excluding hydrogens is 308 g/mol. The van der Waals surface area contributed by atoms with Gasteiger partial charge in [-0.3, -0.25) is 4.98 Å². The highest BCUT2D eigenvalue weighted by atomic mass is 35.5. The first-order chi connectivity index (χ1) is 10.1. The average Bonchev–Trinajstić information content (AvgIpc) is 2.54. The molecule has 0 N–H and O–H groups in total. The lowest BCUT2D eigenvalue weighted by molar-refractivity contribution is 0.271. The van der Waals surface area contributed by atoms with Crippen molar-refractivity contribution in [1.29, 1.82) is 0 Å². The van der Waals surface area contributed by atoms with E-state index in [4.69, 9.17) is 11.6 Å². The zero-order chi connectivity index (χ0) is 14.9. The standard InChI is InChI=1S/C15H17ClN2O2S/c16-10-13-5-1-2-9-18(13)21(19,20)15-6-3-4-12-11-17-8-7-14(12)15/h3-4,6-8,11,13H,1-2,5,9-10H2. The van der Waals surface area contributed by atoms with E-state index in [-0.39, 0.29) is 6.04 Å². The number of fused-ring (bicyclic) bond motifs is 1. The number of aromatic nitrogens is 1. The van der Waals surface area contributed by atoms with E-state index in [1.165, 1.54) is 0 Å². The molecule has 0 aliphatic carbocycles. The lowest BCUT2D eigenvalue weighted by atomic mass is 10.1. The average molecular weight is 325 g/mol. The summed E-state index contributed by atoms with van der Waals surface area (Å²) in [6.07, 6.45) is 6.05. The highest BCUT2D eigenvalue weighted by molar-refractivity contribution is 7.89. The van der Waals surface area contributed by atoms with Crippen molar-refractivity contribution in [3.05, 3.63) is 36.7 Å². The molecule has 6 heteroatoms. The van der Waals surface area contributed by atoms with E-state index in [1.807, 2.05) is 6.07 Å². The summed E-state index contributed by atoms with van der Waals surface area (Å²) in [6.45, 7) is 0.543. The third-order valence-electron chi connectivity index (χ3n) is 3.98. The Morgan fingerprint density at radius 2 is 2.14 bits per heavy atom. The Balaban J connectivity index is 2.12. The molecule has 4 nitrogen and oxygen atoms in total. The van der Waals surface area contributed by atoms with Gasteiger partial charge in [0.15, 0.2) is 0 Å². The molecule has 1 unspecified atom stereocenters. The Morgan fingerprint density at radius 3 is 2.95 bits per heavy atom. The van der Waals surface area contributed by atoms with Crippen molar-refractivity contribution in [2.24, 2.45) is 0 Å². The summed E-state index contributed by atoms with van der Waals surface area (Å²) in [4.78, 5) is 4.40. The number of hydrogen-bond donors (Lipinski definition) is 0. The summed E-state index contributed by atoms with van der Waals surface area (Å²) in [7, 11) is -3.53. The first kappa shape index (κ1) is 14.8. The molecule has 21 heavy (non-hydrogen) atoms. The van der Waals surface area contributed by atoms with Gasteiger partial charge in [0, 0.05) is 41.6 Å². The minimum Gasteiger partial charge on any atom is -0.264 e. The van der Waals surface area contributed by atoms with E-state index in [1.54, 1.807) is 34.9 Å². The van der Waals surface area contributed by atoms with E-state index >= 15 is 0 Å². The lowest BCUT2D eigenvalue weighted by Gasteiger charge is -2.33. The molecule has 3 rings (SSSR count). The van der Waals surface area contributed by atoms with Gasteiger partial charge in [-0.1, -0.05) is 18.6 Å². The van der Waals surface area contributed by atoms with Crippen LogP contribution in [0, 0.1) is 0 Å². The SMILES string of the molecule is O=S(=O)(c1cccc2cnccc12)N1CCCCC1CCl. The lowest BCUT2D eigenvalue weighted by Crippen LogP contribution is -2.44. The van der Waals surface area contributed by atoms with Crippen molar-refractivity contribution >= 4 is 32.4 Å². The number of pyridine rings is 1. The summed E-state index contributed by atoms with van der Waals surface area (Å²) >= 11 is 5.97. The van der Waals surface area contributed by atoms with Crippen molar-refractivity contribution in [2.75, 3.05) is 12.4 Å². The van der Waals surface area contributed by atoms with Crippen molar-refractivity contribution in [3.63, 3.8) is 0 Å².